The molecule has 2 N–H and O–H groups in total. The van der Waals surface area contributed by atoms with Gasteiger partial charge < -0.3 is 20.1 Å². The zero-order valence-electron chi connectivity index (χ0n) is 17.8. The molecule has 3 rings (SSSR count). The minimum Gasteiger partial charge on any atom is -0.491 e. The van der Waals surface area contributed by atoms with E-state index in [4.69, 9.17) is 21.1 Å². The molecule has 166 valence electrons. The molecule has 0 heterocycles. The Bertz CT molecular complexity index is 880. The van der Waals surface area contributed by atoms with E-state index in [1.807, 2.05) is 6.92 Å². The molecular formula is C24H29ClN2O4. The van der Waals surface area contributed by atoms with Gasteiger partial charge in [-0.2, -0.15) is 0 Å². The minimum absolute atomic E-state index is 0.185. The molecule has 31 heavy (non-hydrogen) atoms. The summed E-state index contributed by atoms with van der Waals surface area (Å²) in [5, 5.41) is 6.25. The molecule has 0 unspecified atom stereocenters. The van der Waals surface area contributed by atoms with Gasteiger partial charge in [-0.25, -0.2) is 0 Å². The molecular weight excluding hydrogens is 416 g/mol. The Morgan fingerprint density at radius 3 is 2.45 bits per heavy atom. The van der Waals surface area contributed by atoms with Crippen LogP contribution in [0.25, 0.3) is 0 Å². The second kappa shape index (κ2) is 11.7. The lowest BCUT2D eigenvalue weighted by Crippen LogP contribution is -2.36. The van der Waals surface area contributed by atoms with Crippen LogP contribution in [0.4, 0.5) is 5.69 Å². The Hall–Kier alpha value is -2.57. The highest BCUT2D eigenvalue weighted by Gasteiger charge is 2.19. The standard InChI is InChI=1S/C24H29ClN2O4/c1-2-30-14-15-31-20-11-8-17(9-12-20)23(28)27-19-10-13-22(25)21(16-19)24(29)26-18-6-4-3-5-7-18/h8-13,16,18H,2-7,14-15H2,1H3,(H,26,29)(H,27,28). The molecule has 1 saturated carbocycles. The van der Waals surface area contributed by atoms with Crippen LogP contribution in [0.3, 0.4) is 0 Å². The van der Waals surface area contributed by atoms with Gasteiger partial charge in [-0.15, -0.1) is 0 Å². The molecule has 0 spiro atoms. The third-order valence-corrected chi connectivity index (χ3v) is 5.56. The van der Waals surface area contributed by atoms with Gasteiger partial charge in [0.05, 0.1) is 17.2 Å². The first-order valence-corrected chi connectivity index (χ1v) is 11.2. The van der Waals surface area contributed by atoms with Gasteiger partial charge in [0.15, 0.2) is 0 Å². The molecule has 2 amide bonds. The van der Waals surface area contributed by atoms with Crippen molar-refractivity contribution in [3.8, 4) is 5.75 Å². The zero-order chi connectivity index (χ0) is 22.1. The van der Waals surface area contributed by atoms with Gasteiger partial charge >= 0.3 is 0 Å². The van der Waals surface area contributed by atoms with Gasteiger partial charge in [0.25, 0.3) is 11.8 Å². The molecule has 0 saturated heterocycles. The fourth-order valence-corrected chi connectivity index (χ4v) is 3.76. The number of anilines is 1. The Kier molecular flexibility index (Phi) is 8.74. The van der Waals surface area contributed by atoms with Crippen LogP contribution in [0.1, 0.15) is 59.7 Å². The molecule has 0 aliphatic heterocycles. The number of carbonyl (C=O) groups excluding carboxylic acids is 2. The lowest BCUT2D eigenvalue weighted by molar-refractivity contribution is 0.0926. The SMILES string of the molecule is CCOCCOc1ccc(C(=O)Nc2ccc(Cl)c(C(=O)NC3CCCCC3)c2)cc1. The maximum Gasteiger partial charge on any atom is 0.255 e. The number of amides is 2. The van der Waals surface area contributed by atoms with Crippen molar-refractivity contribution in [3.63, 3.8) is 0 Å². The van der Waals surface area contributed by atoms with Crippen LogP contribution in [0.5, 0.6) is 5.75 Å². The maximum atomic E-state index is 12.7. The van der Waals surface area contributed by atoms with Crippen molar-refractivity contribution in [2.45, 2.75) is 45.1 Å². The van der Waals surface area contributed by atoms with Gasteiger partial charge in [0, 0.05) is 23.9 Å². The summed E-state index contributed by atoms with van der Waals surface area (Å²) in [6, 6.07) is 12.0. The van der Waals surface area contributed by atoms with Crippen LogP contribution in [-0.4, -0.2) is 37.7 Å². The van der Waals surface area contributed by atoms with E-state index in [-0.39, 0.29) is 17.9 Å². The first-order valence-electron chi connectivity index (χ1n) is 10.8. The normalized spacial score (nSPS) is 14.1. The van der Waals surface area contributed by atoms with Crippen LogP contribution in [0.2, 0.25) is 5.02 Å². The highest BCUT2D eigenvalue weighted by atomic mass is 35.5. The first-order chi connectivity index (χ1) is 15.1. The predicted molar refractivity (Wildman–Crippen MR) is 122 cm³/mol. The molecule has 0 bridgehead atoms. The topological polar surface area (TPSA) is 76.7 Å². The molecule has 6 nitrogen and oxygen atoms in total. The summed E-state index contributed by atoms with van der Waals surface area (Å²) in [6.45, 7) is 3.55. The monoisotopic (exact) mass is 444 g/mol. The van der Waals surface area contributed by atoms with Gasteiger partial charge in [-0.3, -0.25) is 9.59 Å². The number of halogens is 1. The first kappa shape index (κ1) is 23.1. The number of benzene rings is 2. The summed E-state index contributed by atoms with van der Waals surface area (Å²) in [6.07, 6.45) is 5.46. The smallest absolute Gasteiger partial charge is 0.255 e. The lowest BCUT2D eigenvalue weighted by Gasteiger charge is -2.23. The molecule has 1 fully saturated rings. The average Bonchev–Trinajstić information content (AvgIpc) is 2.79. The minimum atomic E-state index is -0.276. The molecule has 2 aromatic carbocycles. The van der Waals surface area contributed by atoms with E-state index in [9.17, 15) is 9.59 Å². The quantitative estimate of drug-likeness (QED) is 0.529. The number of rotatable bonds is 9. The highest BCUT2D eigenvalue weighted by Crippen LogP contribution is 2.23. The van der Waals surface area contributed by atoms with Crippen molar-refractivity contribution < 1.29 is 19.1 Å². The second-order valence-electron chi connectivity index (χ2n) is 7.53. The summed E-state index contributed by atoms with van der Waals surface area (Å²) in [7, 11) is 0. The molecule has 2 aromatic rings. The molecule has 7 heteroatoms. The van der Waals surface area contributed by atoms with E-state index in [1.165, 1.54) is 6.42 Å². The van der Waals surface area contributed by atoms with Gasteiger partial charge in [0.1, 0.15) is 12.4 Å². The van der Waals surface area contributed by atoms with Crippen molar-refractivity contribution in [2.75, 3.05) is 25.1 Å². The predicted octanol–water partition coefficient (Wildman–Crippen LogP) is 5.07. The van der Waals surface area contributed by atoms with E-state index >= 15 is 0 Å². The average molecular weight is 445 g/mol. The summed E-state index contributed by atoms with van der Waals surface area (Å²) in [5.41, 5.74) is 1.36. The van der Waals surface area contributed by atoms with Crippen LogP contribution < -0.4 is 15.4 Å². The number of carbonyl (C=O) groups is 2. The number of ether oxygens (including phenoxy) is 2. The third kappa shape index (κ3) is 6.97. The van der Waals surface area contributed by atoms with Crippen molar-refractivity contribution in [1.82, 2.24) is 5.32 Å². The van der Waals surface area contributed by atoms with E-state index in [0.717, 1.165) is 25.7 Å². The van der Waals surface area contributed by atoms with Crippen LogP contribution in [0, 0.1) is 0 Å². The van der Waals surface area contributed by atoms with Gasteiger partial charge in [-0.05, 0) is 62.2 Å². The van der Waals surface area contributed by atoms with E-state index in [1.54, 1.807) is 42.5 Å². The molecule has 0 radical (unpaired) electrons. The molecule has 1 aliphatic carbocycles. The maximum absolute atomic E-state index is 12.7. The Balaban J connectivity index is 1.59. The summed E-state index contributed by atoms with van der Waals surface area (Å²) in [4.78, 5) is 25.3. The van der Waals surface area contributed by atoms with Crippen LogP contribution in [-0.2, 0) is 4.74 Å². The summed E-state index contributed by atoms with van der Waals surface area (Å²) < 4.78 is 10.8. The fraction of sp³-hybridized carbons (Fsp3) is 0.417. The zero-order valence-corrected chi connectivity index (χ0v) is 18.5. The number of hydrogen-bond acceptors (Lipinski definition) is 4. The van der Waals surface area contributed by atoms with Gasteiger partial charge in [-0.1, -0.05) is 30.9 Å². The summed E-state index contributed by atoms with van der Waals surface area (Å²) in [5.74, 6) is 0.188. The van der Waals surface area contributed by atoms with E-state index in [2.05, 4.69) is 10.6 Å². The van der Waals surface area contributed by atoms with E-state index < -0.39 is 0 Å². The lowest BCUT2D eigenvalue weighted by atomic mass is 9.95. The Morgan fingerprint density at radius 1 is 1.00 bits per heavy atom. The van der Waals surface area contributed by atoms with E-state index in [0.29, 0.717) is 47.4 Å². The molecule has 0 atom stereocenters. The van der Waals surface area contributed by atoms with Crippen molar-refractivity contribution in [3.05, 3.63) is 58.6 Å². The fourth-order valence-electron chi connectivity index (χ4n) is 3.56. The third-order valence-electron chi connectivity index (χ3n) is 5.23. The van der Waals surface area contributed by atoms with Crippen LogP contribution >= 0.6 is 11.6 Å². The Morgan fingerprint density at radius 2 is 1.74 bits per heavy atom. The van der Waals surface area contributed by atoms with Crippen molar-refractivity contribution in [2.24, 2.45) is 0 Å². The Labute approximate surface area is 188 Å². The van der Waals surface area contributed by atoms with Gasteiger partial charge in [0.2, 0.25) is 0 Å². The number of nitrogens with one attached hydrogen (secondary N) is 2. The highest BCUT2D eigenvalue weighted by molar-refractivity contribution is 6.34. The largest absolute Gasteiger partial charge is 0.491 e. The number of hydrogen-bond donors (Lipinski definition) is 2. The van der Waals surface area contributed by atoms with Crippen LogP contribution in [0.15, 0.2) is 42.5 Å². The molecule has 1 aliphatic rings. The molecule has 0 aromatic heterocycles. The van der Waals surface area contributed by atoms with Crippen molar-refractivity contribution >= 4 is 29.1 Å². The van der Waals surface area contributed by atoms with Crippen molar-refractivity contribution in [1.29, 1.82) is 0 Å². The second-order valence-corrected chi connectivity index (χ2v) is 7.93. The summed E-state index contributed by atoms with van der Waals surface area (Å²) >= 11 is 6.24.